The van der Waals surface area contributed by atoms with E-state index in [2.05, 4.69) is 15.6 Å². The molecule has 1 rings (SSSR count). The van der Waals surface area contributed by atoms with Gasteiger partial charge in [-0.15, -0.1) is 0 Å². The van der Waals surface area contributed by atoms with E-state index in [9.17, 15) is 26.4 Å². The van der Waals surface area contributed by atoms with E-state index in [1.165, 1.54) is 13.0 Å². The zero-order valence-electron chi connectivity index (χ0n) is 12.6. The number of hydrogen-bond donors (Lipinski definition) is 2. The minimum atomic E-state index is -4.42. The molecule has 6 nitrogen and oxygen atoms in total. The van der Waals surface area contributed by atoms with Crippen LogP contribution in [0.5, 0.6) is 0 Å². The molecule has 0 radical (unpaired) electrons. The van der Waals surface area contributed by atoms with Crippen molar-refractivity contribution in [3.05, 3.63) is 23.9 Å². The molecule has 0 spiro atoms. The number of nitrogens with zero attached hydrogens (tertiary/aromatic N) is 1. The lowest BCUT2D eigenvalue weighted by atomic mass is 10.3. The Morgan fingerprint density at radius 1 is 1.30 bits per heavy atom. The number of nitrogens with one attached hydrogen (secondary N) is 2. The highest BCUT2D eigenvalue weighted by Crippen LogP contribution is 2.28. The van der Waals surface area contributed by atoms with Crippen LogP contribution in [0.2, 0.25) is 0 Å². The van der Waals surface area contributed by atoms with E-state index in [-0.39, 0.29) is 12.4 Å². The molecule has 0 unspecified atom stereocenters. The average molecular weight is 353 g/mol. The van der Waals surface area contributed by atoms with Gasteiger partial charge in [-0.2, -0.15) is 13.2 Å². The van der Waals surface area contributed by atoms with E-state index < -0.39 is 32.7 Å². The number of alkyl halides is 3. The van der Waals surface area contributed by atoms with Crippen LogP contribution < -0.4 is 10.6 Å². The van der Waals surface area contributed by atoms with Crippen molar-refractivity contribution in [2.75, 3.05) is 24.7 Å². The normalized spacial score (nSPS) is 13.4. The first-order chi connectivity index (χ1) is 10.5. The smallest absolute Gasteiger partial charge is 0.370 e. The first kappa shape index (κ1) is 19.2. The molecular weight excluding hydrogens is 335 g/mol. The number of amides is 1. The average Bonchev–Trinajstić information content (AvgIpc) is 2.44. The first-order valence-electron chi connectivity index (χ1n) is 6.75. The van der Waals surface area contributed by atoms with Crippen LogP contribution in [0, 0.1) is 0 Å². The van der Waals surface area contributed by atoms with Gasteiger partial charge in [0.2, 0.25) is 5.91 Å². The Morgan fingerprint density at radius 3 is 2.43 bits per heavy atom. The van der Waals surface area contributed by atoms with Crippen molar-refractivity contribution >= 4 is 21.6 Å². The molecule has 0 aliphatic rings. The molecule has 1 atom stereocenters. The third-order valence-electron chi connectivity index (χ3n) is 3.06. The van der Waals surface area contributed by atoms with Crippen molar-refractivity contribution in [3.63, 3.8) is 0 Å². The number of anilines is 1. The van der Waals surface area contributed by atoms with E-state index >= 15 is 0 Å². The number of rotatable bonds is 7. The second-order valence-corrected chi connectivity index (χ2v) is 7.34. The largest absolute Gasteiger partial charge is 0.417 e. The summed E-state index contributed by atoms with van der Waals surface area (Å²) >= 11 is 0. The van der Waals surface area contributed by atoms with Gasteiger partial charge in [-0.25, -0.2) is 13.4 Å². The Bertz CT molecular complexity index is 630. The summed E-state index contributed by atoms with van der Waals surface area (Å²) in [7, 11) is -3.43. The molecule has 0 aromatic carbocycles. The van der Waals surface area contributed by atoms with Crippen molar-refractivity contribution in [2.45, 2.75) is 24.8 Å². The molecule has 1 amide bonds. The quantitative estimate of drug-likeness (QED) is 0.725. The Hall–Kier alpha value is -1.84. The first-order valence-corrected chi connectivity index (χ1v) is 8.71. The highest BCUT2D eigenvalue weighted by atomic mass is 32.2. The molecule has 0 saturated heterocycles. The second kappa shape index (κ2) is 7.62. The maximum absolute atomic E-state index is 12.4. The Labute approximate surface area is 132 Å². The molecule has 0 saturated carbocycles. The Kier molecular flexibility index (Phi) is 6.37. The highest BCUT2D eigenvalue weighted by Gasteiger charge is 2.30. The summed E-state index contributed by atoms with van der Waals surface area (Å²) < 4.78 is 59.4. The van der Waals surface area contributed by atoms with Gasteiger partial charge in [0.05, 0.1) is 5.56 Å². The molecule has 23 heavy (non-hydrogen) atoms. The van der Waals surface area contributed by atoms with Crippen molar-refractivity contribution in [3.8, 4) is 0 Å². The summed E-state index contributed by atoms with van der Waals surface area (Å²) in [6, 6.07) is 2.14. The number of hydrogen-bond acceptors (Lipinski definition) is 5. The van der Waals surface area contributed by atoms with Gasteiger partial charge >= 0.3 is 6.18 Å². The minimum absolute atomic E-state index is 0.242. The summed E-state index contributed by atoms with van der Waals surface area (Å²) in [6.07, 6.45) is -2.25. The van der Waals surface area contributed by atoms with Gasteiger partial charge in [-0.1, -0.05) is 0 Å². The van der Waals surface area contributed by atoms with Gasteiger partial charge in [0.15, 0.2) is 9.84 Å². The van der Waals surface area contributed by atoms with Gasteiger partial charge in [-0.3, -0.25) is 4.79 Å². The van der Waals surface area contributed by atoms with Crippen LogP contribution in [-0.4, -0.2) is 43.9 Å². The van der Waals surface area contributed by atoms with Gasteiger partial charge in [-0.05, 0) is 25.5 Å². The number of carbonyl (C=O) groups is 1. The third kappa shape index (κ3) is 6.43. The maximum atomic E-state index is 12.4. The van der Waals surface area contributed by atoms with Crippen molar-refractivity contribution in [1.82, 2.24) is 10.3 Å². The highest BCUT2D eigenvalue weighted by molar-refractivity contribution is 7.92. The summed E-state index contributed by atoms with van der Waals surface area (Å²) in [5.74, 6) is -0.297. The van der Waals surface area contributed by atoms with Crippen LogP contribution in [0.25, 0.3) is 0 Å². The molecule has 130 valence electrons. The monoisotopic (exact) mass is 353 g/mol. The molecule has 0 fully saturated rings. The molecule has 10 heteroatoms. The zero-order valence-corrected chi connectivity index (χ0v) is 13.5. The molecule has 0 aliphatic carbocycles. The van der Waals surface area contributed by atoms with E-state index in [1.54, 1.807) is 0 Å². The molecule has 0 aliphatic heterocycles. The van der Waals surface area contributed by atoms with Crippen molar-refractivity contribution in [2.24, 2.45) is 0 Å². The SMILES string of the molecule is C[C@H](C(=O)NCCCNc1ccc(C(F)(F)F)cn1)S(C)(=O)=O. The Balaban J connectivity index is 2.32. The number of sulfone groups is 1. The summed E-state index contributed by atoms with van der Waals surface area (Å²) in [5, 5.41) is 4.17. The number of aromatic nitrogens is 1. The topological polar surface area (TPSA) is 88.2 Å². The Morgan fingerprint density at radius 2 is 1.96 bits per heavy atom. The molecule has 0 bridgehead atoms. The lowest BCUT2D eigenvalue weighted by Crippen LogP contribution is -2.38. The molecular formula is C13H18F3N3O3S. The molecule has 1 aromatic rings. The lowest BCUT2D eigenvalue weighted by molar-refractivity contribution is -0.137. The fourth-order valence-corrected chi connectivity index (χ4v) is 1.99. The van der Waals surface area contributed by atoms with E-state index in [0.717, 1.165) is 18.5 Å². The summed E-state index contributed by atoms with van der Waals surface area (Å²) in [5.41, 5.74) is -0.829. The van der Waals surface area contributed by atoms with E-state index in [0.29, 0.717) is 13.0 Å². The van der Waals surface area contributed by atoms with Gasteiger partial charge in [0.25, 0.3) is 0 Å². The van der Waals surface area contributed by atoms with E-state index in [1.807, 2.05) is 0 Å². The number of halogens is 3. The maximum Gasteiger partial charge on any atom is 0.417 e. The van der Waals surface area contributed by atoms with Crippen LogP contribution in [0.4, 0.5) is 19.0 Å². The van der Waals surface area contributed by atoms with Crippen molar-refractivity contribution in [1.29, 1.82) is 0 Å². The number of carbonyl (C=O) groups excluding carboxylic acids is 1. The second-order valence-electron chi connectivity index (χ2n) is 4.97. The van der Waals surface area contributed by atoms with Crippen LogP contribution in [0.15, 0.2) is 18.3 Å². The van der Waals surface area contributed by atoms with Gasteiger partial charge in [0, 0.05) is 25.5 Å². The standard InChI is InChI=1S/C13H18F3N3O3S/c1-9(23(2,21)22)12(20)18-7-3-6-17-11-5-4-10(8-19-11)13(14,15)16/h4-5,8-9H,3,6-7H2,1-2H3,(H,17,19)(H,18,20)/t9-/m1/s1. The predicted molar refractivity (Wildman–Crippen MR) is 79.7 cm³/mol. The van der Waals surface area contributed by atoms with Crippen LogP contribution in [-0.2, 0) is 20.8 Å². The predicted octanol–water partition coefficient (Wildman–Crippen LogP) is 1.45. The third-order valence-corrected chi connectivity index (χ3v) is 4.56. The minimum Gasteiger partial charge on any atom is -0.370 e. The van der Waals surface area contributed by atoms with Gasteiger partial charge in [0.1, 0.15) is 11.1 Å². The van der Waals surface area contributed by atoms with Crippen LogP contribution >= 0.6 is 0 Å². The molecule has 1 aromatic heterocycles. The fraction of sp³-hybridized carbons (Fsp3) is 0.538. The van der Waals surface area contributed by atoms with Crippen LogP contribution in [0.1, 0.15) is 18.9 Å². The number of pyridine rings is 1. The van der Waals surface area contributed by atoms with Crippen molar-refractivity contribution < 1.29 is 26.4 Å². The molecule has 1 heterocycles. The molecule has 2 N–H and O–H groups in total. The van der Waals surface area contributed by atoms with E-state index in [4.69, 9.17) is 0 Å². The lowest BCUT2D eigenvalue weighted by Gasteiger charge is -2.11. The van der Waals surface area contributed by atoms with Gasteiger partial charge < -0.3 is 10.6 Å². The fourth-order valence-electron chi connectivity index (χ4n) is 1.52. The summed E-state index contributed by atoms with van der Waals surface area (Å²) in [6.45, 7) is 1.91. The summed E-state index contributed by atoms with van der Waals surface area (Å²) in [4.78, 5) is 15.2. The zero-order chi connectivity index (χ0) is 17.7. The van der Waals surface area contributed by atoms with Crippen LogP contribution in [0.3, 0.4) is 0 Å².